The number of nitrogen functional groups attached to an aromatic ring is 1. The van der Waals surface area contributed by atoms with Crippen LogP contribution >= 0.6 is 0 Å². The molecule has 1 aliphatic rings. The largest absolute Gasteiger partial charge is 0.398 e. The SMILES string of the molecule is Cc1cc(C)c(S(=O)(=O)N2CCCNC(=O)C2)c(C)c1N. The fraction of sp³-hybridized carbons (Fsp3) is 0.500. The maximum Gasteiger partial charge on any atom is 0.244 e. The minimum Gasteiger partial charge on any atom is -0.398 e. The van der Waals surface area contributed by atoms with E-state index in [-0.39, 0.29) is 17.3 Å². The summed E-state index contributed by atoms with van der Waals surface area (Å²) < 4.78 is 27.0. The summed E-state index contributed by atoms with van der Waals surface area (Å²) in [6.07, 6.45) is 0.602. The van der Waals surface area contributed by atoms with Crippen LogP contribution in [-0.4, -0.2) is 38.3 Å². The lowest BCUT2D eigenvalue weighted by molar-refractivity contribution is -0.120. The Morgan fingerprint density at radius 1 is 1.24 bits per heavy atom. The van der Waals surface area contributed by atoms with Crippen molar-refractivity contribution in [1.29, 1.82) is 0 Å². The molecule has 2 rings (SSSR count). The molecule has 0 unspecified atom stereocenters. The molecular formula is C14H21N3O3S. The summed E-state index contributed by atoms with van der Waals surface area (Å²) in [7, 11) is -3.73. The molecule has 1 aromatic carbocycles. The zero-order valence-electron chi connectivity index (χ0n) is 12.6. The number of nitrogens with two attached hydrogens (primary N) is 1. The van der Waals surface area contributed by atoms with Crippen molar-refractivity contribution in [2.45, 2.75) is 32.1 Å². The quantitative estimate of drug-likeness (QED) is 0.787. The van der Waals surface area contributed by atoms with E-state index in [2.05, 4.69) is 5.32 Å². The first-order chi connectivity index (χ1) is 9.75. The number of nitrogens with one attached hydrogen (secondary N) is 1. The molecule has 21 heavy (non-hydrogen) atoms. The second-order valence-electron chi connectivity index (χ2n) is 5.42. The molecule has 1 fully saturated rings. The molecule has 0 saturated carbocycles. The average molecular weight is 311 g/mol. The highest BCUT2D eigenvalue weighted by Gasteiger charge is 2.31. The van der Waals surface area contributed by atoms with Crippen molar-refractivity contribution in [2.75, 3.05) is 25.4 Å². The molecular weight excluding hydrogens is 290 g/mol. The summed E-state index contributed by atoms with van der Waals surface area (Å²) in [4.78, 5) is 11.8. The Labute approximate surface area is 125 Å². The van der Waals surface area contributed by atoms with Crippen molar-refractivity contribution in [3.05, 3.63) is 22.8 Å². The smallest absolute Gasteiger partial charge is 0.244 e. The fourth-order valence-corrected chi connectivity index (χ4v) is 4.57. The van der Waals surface area contributed by atoms with Gasteiger partial charge < -0.3 is 11.1 Å². The van der Waals surface area contributed by atoms with Crippen LogP contribution in [0.5, 0.6) is 0 Å². The second-order valence-corrected chi connectivity index (χ2v) is 7.30. The Morgan fingerprint density at radius 3 is 2.57 bits per heavy atom. The number of nitrogens with zero attached hydrogens (tertiary/aromatic N) is 1. The number of anilines is 1. The predicted octanol–water partition coefficient (Wildman–Crippen LogP) is 0.705. The van der Waals surface area contributed by atoms with Crippen molar-refractivity contribution in [2.24, 2.45) is 0 Å². The minimum absolute atomic E-state index is 0.144. The van der Waals surface area contributed by atoms with E-state index in [0.717, 1.165) is 5.56 Å². The van der Waals surface area contributed by atoms with Gasteiger partial charge in [-0.1, -0.05) is 6.07 Å². The highest BCUT2D eigenvalue weighted by atomic mass is 32.2. The van der Waals surface area contributed by atoms with E-state index in [1.165, 1.54) is 4.31 Å². The van der Waals surface area contributed by atoms with Gasteiger partial charge >= 0.3 is 0 Å². The highest BCUT2D eigenvalue weighted by molar-refractivity contribution is 7.89. The van der Waals surface area contributed by atoms with Gasteiger partial charge in [0.25, 0.3) is 0 Å². The van der Waals surface area contributed by atoms with Gasteiger partial charge in [-0.3, -0.25) is 4.79 Å². The molecule has 1 heterocycles. The number of carbonyl (C=O) groups excluding carboxylic acids is 1. The Kier molecular flexibility index (Phi) is 4.25. The number of aryl methyl sites for hydroxylation is 2. The molecule has 0 atom stereocenters. The standard InChI is InChI=1S/C14H21N3O3S/c1-9-7-10(2)14(11(3)13(9)15)21(19,20)17-6-4-5-16-12(18)8-17/h7H,4-6,8,15H2,1-3H3,(H,16,18). The van der Waals surface area contributed by atoms with Gasteiger partial charge in [-0.25, -0.2) is 8.42 Å². The molecule has 116 valence electrons. The van der Waals surface area contributed by atoms with Crippen molar-refractivity contribution < 1.29 is 13.2 Å². The Balaban J connectivity index is 2.54. The molecule has 1 aromatic rings. The van der Waals surface area contributed by atoms with E-state index in [1.54, 1.807) is 19.9 Å². The second kappa shape index (κ2) is 5.65. The third-order valence-corrected chi connectivity index (χ3v) is 5.92. The van der Waals surface area contributed by atoms with Crippen LogP contribution in [0.1, 0.15) is 23.1 Å². The topological polar surface area (TPSA) is 92.5 Å². The zero-order valence-corrected chi connectivity index (χ0v) is 13.4. The Hall–Kier alpha value is -1.60. The number of amides is 1. The summed E-state index contributed by atoms with van der Waals surface area (Å²) in [5, 5.41) is 2.68. The van der Waals surface area contributed by atoms with Crippen LogP contribution in [0, 0.1) is 20.8 Å². The third kappa shape index (κ3) is 2.89. The number of rotatable bonds is 2. The van der Waals surface area contributed by atoms with E-state index in [4.69, 9.17) is 5.73 Å². The zero-order chi connectivity index (χ0) is 15.8. The molecule has 0 aliphatic carbocycles. The van der Waals surface area contributed by atoms with Crippen LogP contribution in [-0.2, 0) is 14.8 Å². The molecule has 1 saturated heterocycles. The van der Waals surface area contributed by atoms with Gasteiger partial charge in [0.05, 0.1) is 11.4 Å². The summed E-state index contributed by atoms with van der Waals surface area (Å²) in [5.74, 6) is -0.272. The monoisotopic (exact) mass is 311 g/mol. The number of carbonyl (C=O) groups is 1. The first kappa shape index (κ1) is 15.8. The molecule has 0 spiro atoms. The minimum atomic E-state index is -3.73. The summed E-state index contributed by atoms with van der Waals surface area (Å²) >= 11 is 0. The van der Waals surface area contributed by atoms with Gasteiger partial charge in [0.2, 0.25) is 15.9 Å². The summed E-state index contributed by atoms with van der Waals surface area (Å²) in [6, 6.07) is 1.77. The molecule has 0 radical (unpaired) electrons. The molecule has 0 bridgehead atoms. The van der Waals surface area contributed by atoms with E-state index in [1.807, 2.05) is 6.92 Å². The van der Waals surface area contributed by atoms with Gasteiger partial charge in [0, 0.05) is 18.8 Å². The van der Waals surface area contributed by atoms with Gasteiger partial charge in [0.15, 0.2) is 0 Å². The first-order valence-electron chi connectivity index (χ1n) is 6.88. The number of sulfonamides is 1. The van der Waals surface area contributed by atoms with Gasteiger partial charge in [-0.15, -0.1) is 0 Å². The molecule has 3 N–H and O–H groups in total. The third-order valence-electron chi connectivity index (χ3n) is 3.78. The summed E-state index contributed by atoms with van der Waals surface area (Å²) in [6.45, 7) is 6.00. The Bertz CT molecular complexity index is 683. The number of benzene rings is 1. The lowest BCUT2D eigenvalue weighted by Crippen LogP contribution is -2.38. The van der Waals surface area contributed by atoms with Gasteiger partial charge in [-0.05, 0) is 43.9 Å². The van der Waals surface area contributed by atoms with Crippen LogP contribution in [0.3, 0.4) is 0 Å². The number of hydrogen-bond donors (Lipinski definition) is 2. The van der Waals surface area contributed by atoms with Crippen LogP contribution in [0.15, 0.2) is 11.0 Å². The van der Waals surface area contributed by atoms with E-state index >= 15 is 0 Å². The van der Waals surface area contributed by atoms with Gasteiger partial charge in [-0.2, -0.15) is 4.31 Å². The normalized spacial score (nSPS) is 17.4. The lowest BCUT2D eigenvalue weighted by atomic mass is 10.1. The molecule has 6 nitrogen and oxygen atoms in total. The molecule has 7 heteroatoms. The van der Waals surface area contributed by atoms with E-state index in [9.17, 15) is 13.2 Å². The van der Waals surface area contributed by atoms with Crippen LogP contribution in [0.25, 0.3) is 0 Å². The van der Waals surface area contributed by atoms with Crippen molar-refractivity contribution in [3.63, 3.8) is 0 Å². The van der Waals surface area contributed by atoms with Crippen molar-refractivity contribution in [3.8, 4) is 0 Å². The van der Waals surface area contributed by atoms with Gasteiger partial charge in [0.1, 0.15) is 0 Å². The van der Waals surface area contributed by atoms with E-state index < -0.39 is 10.0 Å². The van der Waals surface area contributed by atoms with E-state index in [0.29, 0.717) is 36.3 Å². The highest BCUT2D eigenvalue weighted by Crippen LogP contribution is 2.30. The van der Waals surface area contributed by atoms with Crippen LogP contribution in [0.4, 0.5) is 5.69 Å². The first-order valence-corrected chi connectivity index (χ1v) is 8.32. The maximum absolute atomic E-state index is 12.9. The number of hydrogen-bond acceptors (Lipinski definition) is 4. The lowest BCUT2D eigenvalue weighted by Gasteiger charge is -2.22. The Morgan fingerprint density at radius 2 is 1.90 bits per heavy atom. The molecule has 1 aliphatic heterocycles. The fourth-order valence-electron chi connectivity index (χ4n) is 2.69. The van der Waals surface area contributed by atoms with Crippen molar-refractivity contribution in [1.82, 2.24) is 9.62 Å². The molecule has 1 amide bonds. The maximum atomic E-state index is 12.9. The molecule has 0 aromatic heterocycles. The summed E-state index contributed by atoms with van der Waals surface area (Å²) in [5.41, 5.74) is 8.53. The van der Waals surface area contributed by atoms with Crippen LogP contribution in [0.2, 0.25) is 0 Å². The average Bonchev–Trinajstić information content (AvgIpc) is 2.61. The van der Waals surface area contributed by atoms with Crippen LogP contribution < -0.4 is 11.1 Å². The predicted molar refractivity (Wildman–Crippen MR) is 81.5 cm³/mol. The van der Waals surface area contributed by atoms with Crippen molar-refractivity contribution >= 4 is 21.6 Å².